The Labute approximate surface area is 79.1 Å². The highest BCUT2D eigenvalue weighted by atomic mass is 19.4. The highest BCUT2D eigenvalue weighted by Gasteiger charge is 2.30. The molecule has 0 aliphatic heterocycles. The Morgan fingerprint density at radius 2 is 2.07 bits per heavy atom. The molecule has 0 radical (unpaired) electrons. The van der Waals surface area contributed by atoms with Crippen LogP contribution in [0.4, 0.5) is 13.2 Å². The third kappa shape index (κ3) is 2.68. The molecule has 14 heavy (non-hydrogen) atoms. The molecule has 1 aromatic rings. The van der Waals surface area contributed by atoms with Crippen LogP contribution in [0.3, 0.4) is 0 Å². The van der Waals surface area contributed by atoms with Crippen molar-refractivity contribution in [3.05, 3.63) is 48.4 Å². The van der Waals surface area contributed by atoms with Gasteiger partial charge in [0.25, 0.3) is 0 Å². The summed E-state index contributed by atoms with van der Waals surface area (Å²) in [5.74, 6) is 0.107. The molecule has 0 aliphatic rings. The molecule has 0 saturated heterocycles. The average Bonchev–Trinajstić information content (AvgIpc) is 2.14. The van der Waals surface area contributed by atoms with Crippen molar-refractivity contribution >= 4 is 0 Å². The predicted molar refractivity (Wildman–Crippen MR) is 45.8 cm³/mol. The number of ether oxygens (including phenoxy) is 1. The van der Waals surface area contributed by atoms with Crippen molar-refractivity contribution < 1.29 is 17.9 Å². The van der Waals surface area contributed by atoms with E-state index < -0.39 is 11.7 Å². The van der Waals surface area contributed by atoms with E-state index in [1.165, 1.54) is 12.1 Å². The summed E-state index contributed by atoms with van der Waals surface area (Å²) < 4.78 is 41.4. The fourth-order valence-electron chi connectivity index (χ4n) is 0.855. The van der Waals surface area contributed by atoms with E-state index in [-0.39, 0.29) is 5.75 Å². The first kappa shape index (κ1) is 10.4. The van der Waals surface area contributed by atoms with Crippen molar-refractivity contribution in [3.8, 4) is 5.75 Å². The van der Waals surface area contributed by atoms with Crippen LogP contribution >= 0.6 is 0 Å². The van der Waals surface area contributed by atoms with Crippen LogP contribution in [0.1, 0.15) is 5.56 Å². The molecule has 0 heterocycles. The monoisotopic (exact) mass is 200 g/mol. The molecular weight excluding hydrogens is 193 g/mol. The molecule has 0 N–H and O–H groups in total. The summed E-state index contributed by atoms with van der Waals surface area (Å²) in [7, 11) is 0. The number of hydrogen-bond donors (Lipinski definition) is 0. The Morgan fingerprint density at radius 1 is 1.36 bits per heavy atom. The zero-order chi connectivity index (χ0) is 10.6. The van der Waals surface area contributed by atoms with Crippen LogP contribution in [0.25, 0.3) is 0 Å². The van der Waals surface area contributed by atoms with E-state index in [1.54, 1.807) is 0 Å². The maximum atomic E-state index is 12.2. The van der Waals surface area contributed by atoms with E-state index in [2.05, 4.69) is 12.3 Å². The van der Waals surface area contributed by atoms with E-state index in [4.69, 9.17) is 4.74 Å². The van der Waals surface area contributed by atoms with Gasteiger partial charge in [0.1, 0.15) is 12.0 Å². The molecule has 1 nitrogen and oxygen atoms in total. The Balaban J connectivity index is 2.95. The quantitative estimate of drug-likeness (QED) is 0.525. The third-order valence-electron chi connectivity index (χ3n) is 1.44. The second kappa shape index (κ2) is 4.03. The van der Waals surface area contributed by atoms with E-state index in [0.717, 1.165) is 18.4 Å². The second-order valence-corrected chi connectivity index (χ2v) is 2.47. The number of benzene rings is 1. The van der Waals surface area contributed by atoms with Crippen molar-refractivity contribution in [1.82, 2.24) is 0 Å². The Kier molecular flexibility index (Phi) is 2.99. The molecule has 1 rings (SSSR count). The molecule has 0 fully saturated rings. The van der Waals surface area contributed by atoms with Crippen LogP contribution in [0, 0.1) is 0 Å². The van der Waals surface area contributed by atoms with Crippen LogP contribution in [0.5, 0.6) is 5.75 Å². The minimum atomic E-state index is -4.35. The highest BCUT2D eigenvalue weighted by Crippen LogP contribution is 2.31. The van der Waals surface area contributed by atoms with Gasteiger partial charge < -0.3 is 4.74 Å². The summed E-state index contributed by atoms with van der Waals surface area (Å²) in [6.45, 7) is 3.22. The molecule has 0 aromatic heterocycles. The van der Waals surface area contributed by atoms with Gasteiger partial charge in [-0.05, 0) is 18.2 Å². The summed E-state index contributed by atoms with van der Waals surface area (Å²) in [5.41, 5.74) is 1.55. The maximum absolute atomic E-state index is 12.2. The van der Waals surface area contributed by atoms with Crippen LogP contribution < -0.4 is 4.74 Å². The molecule has 0 unspecified atom stereocenters. The lowest BCUT2D eigenvalue weighted by Crippen LogP contribution is -2.04. The molecule has 0 atom stereocenters. The van der Waals surface area contributed by atoms with Crippen LogP contribution in [-0.4, -0.2) is 0 Å². The molecule has 74 valence electrons. The summed E-state index contributed by atoms with van der Waals surface area (Å²) in [6.07, 6.45) is -3.26. The molecule has 0 aliphatic carbocycles. The van der Waals surface area contributed by atoms with Crippen molar-refractivity contribution in [2.24, 2.45) is 0 Å². The van der Waals surface area contributed by atoms with Crippen molar-refractivity contribution in [1.29, 1.82) is 0 Å². The first-order chi connectivity index (χ1) is 6.54. The molecule has 0 saturated carbocycles. The van der Waals surface area contributed by atoms with Gasteiger partial charge in [0.2, 0.25) is 0 Å². The molecular formula is C10H7F3O. The lowest BCUT2D eigenvalue weighted by molar-refractivity contribution is -0.137. The molecule has 0 spiro atoms. The van der Waals surface area contributed by atoms with Gasteiger partial charge in [-0.1, -0.05) is 18.4 Å². The lowest BCUT2D eigenvalue weighted by Gasteiger charge is -2.07. The van der Waals surface area contributed by atoms with Gasteiger partial charge >= 0.3 is 6.18 Å². The summed E-state index contributed by atoms with van der Waals surface area (Å²) in [5, 5.41) is 0. The molecule has 0 amide bonds. The normalized spacial score (nSPS) is 10.5. The van der Waals surface area contributed by atoms with E-state index >= 15 is 0 Å². The zero-order valence-corrected chi connectivity index (χ0v) is 7.14. The summed E-state index contributed by atoms with van der Waals surface area (Å²) >= 11 is 0. The first-order valence-electron chi connectivity index (χ1n) is 3.72. The Hall–Kier alpha value is -1.67. The molecule has 0 bridgehead atoms. The lowest BCUT2D eigenvalue weighted by atomic mass is 10.2. The third-order valence-corrected chi connectivity index (χ3v) is 1.44. The maximum Gasteiger partial charge on any atom is 0.416 e. The highest BCUT2D eigenvalue weighted by molar-refractivity contribution is 5.30. The van der Waals surface area contributed by atoms with Crippen molar-refractivity contribution in [2.45, 2.75) is 6.18 Å². The van der Waals surface area contributed by atoms with Gasteiger partial charge in [0.05, 0.1) is 5.56 Å². The smallest absolute Gasteiger partial charge is 0.416 e. The SMILES string of the molecule is C=C=COc1cccc(C(F)(F)F)c1. The zero-order valence-electron chi connectivity index (χ0n) is 7.14. The number of alkyl halides is 3. The van der Waals surface area contributed by atoms with Gasteiger partial charge in [-0.15, -0.1) is 0 Å². The van der Waals surface area contributed by atoms with Crippen LogP contribution in [0.15, 0.2) is 42.8 Å². The molecule has 4 heteroatoms. The van der Waals surface area contributed by atoms with Gasteiger partial charge in [-0.2, -0.15) is 13.2 Å². The predicted octanol–water partition coefficient (Wildman–Crippen LogP) is 3.38. The average molecular weight is 200 g/mol. The fourth-order valence-corrected chi connectivity index (χ4v) is 0.855. The largest absolute Gasteiger partial charge is 0.457 e. The van der Waals surface area contributed by atoms with E-state index in [9.17, 15) is 13.2 Å². The number of rotatable bonds is 2. The minimum absolute atomic E-state index is 0.107. The van der Waals surface area contributed by atoms with Gasteiger partial charge in [0.15, 0.2) is 0 Å². The van der Waals surface area contributed by atoms with Crippen molar-refractivity contribution in [2.75, 3.05) is 0 Å². The topological polar surface area (TPSA) is 9.23 Å². The fraction of sp³-hybridized carbons (Fsp3) is 0.100. The Bertz CT molecular complexity index is 362. The van der Waals surface area contributed by atoms with Gasteiger partial charge in [-0.3, -0.25) is 0 Å². The van der Waals surface area contributed by atoms with Gasteiger partial charge in [-0.25, -0.2) is 0 Å². The Morgan fingerprint density at radius 3 is 2.64 bits per heavy atom. The number of hydrogen-bond acceptors (Lipinski definition) is 1. The van der Waals surface area contributed by atoms with Crippen molar-refractivity contribution in [3.63, 3.8) is 0 Å². The summed E-state index contributed by atoms with van der Waals surface area (Å²) in [6, 6.07) is 4.58. The standard InChI is InChI=1S/C10H7F3O/c1-2-6-14-9-5-3-4-8(7-9)10(11,12)13/h3-7H,1H2. The molecule has 1 aromatic carbocycles. The minimum Gasteiger partial charge on any atom is -0.457 e. The second-order valence-electron chi connectivity index (χ2n) is 2.47. The van der Waals surface area contributed by atoms with Gasteiger partial charge in [0, 0.05) is 0 Å². The van der Waals surface area contributed by atoms with Crippen LogP contribution in [0.2, 0.25) is 0 Å². The summed E-state index contributed by atoms with van der Waals surface area (Å²) in [4.78, 5) is 0. The van der Waals surface area contributed by atoms with E-state index in [0.29, 0.717) is 0 Å². The first-order valence-corrected chi connectivity index (χ1v) is 3.72. The number of halogens is 3. The van der Waals surface area contributed by atoms with Crippen LogP contribution in [-0.2, 0) is 6.18 Å². The van der Waals surface area contributed by atoms with E-state index in [1.807, 2.05) is 0 Å².